The van der Waals surface area contributed by atoms with Crippen LogP contribution in [-0.4, -0.2) is 27.2 Å². The summed E-state index contributed by atoms with van der Waals surface area (Å²) < 4.78 is 0. The van der Waals surface area contributed by atoms with Crippen LogP contribution in [0, 0.1) is 10.1 Å². The Labute approximate surface area is 104 Å². The molecule has 1 aromatic carbocycles. The van der Waals surface area contributed by atoms with Crippen molar-refractivity contribution in [3.63, 3.8) is 0 Å². The second kappa shape index (κ2) is 6.70. The van der Waals surface area contributed by atoms with Gasteiger partial charge in [-0.1, -0.05) is 18.2 Å². The van der Waals surface area contributed by atoms with Gasteiger partial charge in [-0.2, -0.15) is 0 Å². The molecular weight excluding hydrogens is 238 g/mol. The summed E-state index contributed by atoms with van der Waals surface area (Å²) in [4.78, 5) is 20.6. The molecule has 0 aliphatic carbocycles. The lowest BCUT2D eigenvalue weighted by molar-refractivity contribution is -0.385. The van der Waals surface area contributed by atoms with Gasteiger partial charge in [0.1, 0.15) is 0 Å². The Balaban J connectivity index is 2.53. The van der Waals surface area contributed by atoms with Gasteiger partial charge in [0.2, 0.25) is 0 Å². The Morgan fingerprint density at radius 2 is 2.00 bits per heavy atom. The number of para-hydroxylation sites is 1. The van der Waals surface area contributed by atoms with Crippen LogP contribution in [-0.2, 0) is 11.2 Å². The summed E-state index contributed by atoms with van der Waals surface area (Å²) in [7, 11) is 0. The summed E-state index contributed by atoms with van der Waals surface area (Å²) in [6, 6.07) is 6.34. The molecule has 0 bridgehead atoms. The molecule has 0 saturated heterocycles. The highest BCUT2D eigenvalue weighted by atomic mass is 16.6. The number of aliphatic carboxylic acids is 1. The van der Waals surface area contributed by atoms with Gasteiger partial charge in [-0.3, -0.25) is 14.9 Å². The number of carboxylic acid groups (broad SMARTS) is 1. The number of carbonyl (C=O) groups is 1. The van der Waals surface area contributed by atoms with Crippen molar-refractivity contribution >= 4 is 11.7 Å². The fourth-order valence-electron chi connectivity index (χ4n) is 1.66. The Morgan fingerprint density at radius 3 is 2.61 bits per heavy atom. The molecule has 1 atom stereocenters. The average molecular weight is 253 g/mol. The van der Waals surface area contributed by atoms with E-state index >= 15 is 0 Å². The van der Waals surface area contributed by atoms with Crippen LogP contribution in [0.15, 0.2) is 24.3 Å². The third kappa shape index (κ3) is 4.50. The van der Waals surface area contributed by atoms with Crippen molar-refractivity contribution in [2.24, 2.45) is 0 Å². The minimum absolute atomic E-state index is 0.0305. The van der Waals surface area contributed by atoms with Crippen molar-refractivity contribution in [1.82, 2.24) is 0 Å². The number of nitro benzene ring substituents is 1. The molecule has 18 heavy (non-hydrogen) atoms. The molecule has 0 aliphatic heterocycles. The summed E-state index contributed by atoms with van der Waals surface area (Å²) in [6.07, 6.45) is -0.00899. The standard InChI is InChI=1S/C12H15NO5/c14-10(7-8-12(15)16)6-5-9-3-1-2-4-11(9)13(17)18/h1-4,10,14H,5-8H2,(H,15,16). The molecule has 6 heteroatoms. The molecule has 1 aromatic rings. The van der Waals surface area contributed by atoms with E-state index in [0.717, 1.165) is 0 Å². The SMILES string of the molecule is O=C(O)CCC(O)CCc1ccccc1[N+](=O)[O-]. The van der Waals surface area contributed by atoms with Crippen LogP contribution in [0.5, 0.6) is 0 Å². The number of hydrogen-bond acceptors (Lipinski definition) is 4. The molecule has 0 heterocycles. The molecule has 0 aromatic heterocycles. The Hall–Kier alpha value is -1.95. The number of aliphatic hydroxyl groups is 1. The number of benzene rings is 1. The first-order valence-corrected chi connectivity index (χ1v) is 5.63. The lowest BCUT2D eigenvalue weighted by Gasteiger charge is -2.09. The van der Waals surface area contributed by atoms with E-state index in [-0.39, 0.29) is 18.5 Å². The first-order chi connectivity index (χ1) is 8.50. The molecule has 0 amide bonds. The van der Waals surface area contributed by atoms with Crippen LogP contribution in [0.25, 0.3) is 0 Å². The molecule has 0 aliphatic rings. The number of nitro groups is 1. The van der Waals surface area contributed by atoms with Gasteiger partial charge < -0.3 is 10.2 Å². The Kier molecular flexibility index (Phi) is 5.26. The number of carboxylic acids is 1. The van der Waals surface area contributed by atoms with Crippen LogP contribution in [0.4, 0.5) is 5.69 Å². The van der Waals surface area contributed by atoms with Crippen LogP contribution in [0.1, 0.15) is 24.8 Å². The van der Waals surface area contributed by atoms with Gasteiger partial charge in [-0.25, -0.2) is 0 Å². The average Bonchev–Trinajstić information content (AvgIpc) is 2.34. The van der Waals surface area contributed by atoms with Crippen molar-refractivity contribution < 1.29 is 19.9 Å². The number of hydrogen-bond donors (Lipinski definition) is 2. The predicted molar refractivity (Wildman–Crippen MR) is 64.3 cm³/mol. The molecule has 2 N–H and O–H groups in total. The number of rotatable bonds is 7. The van der Waals surface area contributed by atoms with Gasteiger partial charge in [0.05, 0.1) is 11.0 Å². The molecule has 0 radical (unpaired) electrons. The molecular formula is C12H15NO5. The van der Waals surface area contributed by atoms with Gasteiger partial charge >= 0.3 is 5.97 Å². The molecule has 1 unspecified atom stereocenters. The molecule has 1 rings (SSSR count). The molecule has 6 nitrogen and oxygen atoms in total. The molecule has 0 spiro atoms. The maximum Gasteiger partial charge on any atom is 0.303 e. The van der Waals surface area contributed by atoms with E-state index in [2.05, 4.69) is 0 Å². The van der Waals surface area contributed by atoms with E-state index < -0.39 is 17.0 Å². The van der Waals surface area contributed by atoms with E-state index in [1.807, 2.05) is 0 Å². The monoisotopic (exact) mass is 253 g/mol. The predicted octanol–water partition coefficient (Wildman–Crippen LogP) is 1.75. The minimum atomic E-state index is -0.959. The molecule has 98 valence electrons. The van der Waals surface area contributed by atoms with Crippen molar-refractivity contribution in [1.29, 1.82) is 0 Å². The fraction of sp³-hybridized carbons (Fsp3) is 0.417. The van der Waals surface area contributed by atoms with E-state index in [9.17, 15) is 20.0 Å². The Morgan fingerprint density at radius 1 is 1.33 bits per heavy atom. The Bertz CT molecular complexity index is 432. The van der Waals surface area contributed by atoms with Crippen molar-refractivity contribution in [3.8, 4) is 0 Å². The minimum Gasteiger partial charge on any atom is -0.481 e. The van der Waals surface area contributed by atoms with Crippen molar-refractivity contribution in [2.75, 3.05) is 0 Å². The van der Waals surface area contributed by atoms with E-state index in [1.165, 1.54) is 6.07 Å². The smallest absolute Gasteiger partial charge is 0.303 e. The zero-order valence-electron chi connectivity index (χ0n) is 9.78. The topological polar surface area (TPSA) is 101 Å². The quantitative estimate of drug-likeness (QED) is 0.569. The summed E-state index contributed by atoms with van der Waals surface area (Å²) in [5.41, 5.74) is 0.583. The zero-order valence-corrected chi connectivity index (χ0v) is 9.78. The highest BCUT2D eigenvalue weighted by Crippen LogP contribution is 2.20. The molecule has 0 saturated carbocycles. The second-order valence-corrected chi connectivity index (χ2v) is 4.01. The molecule has 0 fully saturated rings. The summed E-state index contributed by atoms with van der Waals surface area (Å²) in [5.74, 6) is -0.959. The first-order valence-electron chi connectivity index (χ1n) is 5.63. The largest absolute Gasteiger partial charge is 0.481 e. The zero-order chi connectivity index (χ0) is 13.5. The van der Waals surface area contributed by atoms with Gasteiger partial charge in [-0.05, 0) is 19.3 Å². The maximum absolute atomic E-state index is 10.7. The number of aryl methyl sites for hydroxylation is 1. The third-order valence-electron chi connectivity index (χ3n) is 2.63. The number of nitrogens with zero attached hydrogens (tertiary/aromatic N) is 1. The number of aliphatic hydroxyl groups excluding tert-OH is 1. The van der Waals surface area contributed by atoms with Crippen molar-refractivity contribution in [3.05, 3.63) is 39.9 Å². The van der Waals surface area contributed by atoms with E-state index in [4.69, 9.17) is 5.11 Å². The van der Waals surface area contributed by atoms with Gasteiger partial charge in [0.25, 0.3) is 5.69 Å². The highest BCUT2D eigenvalue weighted by molar-refractivity contribution is 5.66. The van der Waals surface area contributed by atoms with E-state index in [0.29, 0.717) is 18.4 Å². The van der Waals surface area contributed by atoms with Crippen LogP contribution < -0.4 is 0 Å². The maximum atomic E-state index is 10.7. The summed E-state index contributed by atoms with van der Waals surface area (Å²) in [5, 5.41) is 28.8. The lowest BCUT2D eigenvalue weighted by Crippen LogP contribution is -2.11. The highest BCUT2D eigenvalue weighted by Gasteiger charge is 2.14. The van der Waals surface area contributed by atoms with Crippen molar-refractivity contribution in [2.45, 2.75) is 31.8 Å². The van der Waals surface area contributed by atoms with Gasteiger partial charge in [-0.15, -0.1) is 0 Å². The van der Waals surface area contributed by atoms with E-state index in [1.54, 1.807) is 18.2 Å². The third-order valence-corrected chi connectivity index (χ3v) is 2.63. The van der Waals surface area contributed by atoms with Crippen LogP contribution in [0.2, 0.25) is 0 Å². The van der Waals surface area contributed by atoms with Crippen LogP contribution >= 0.6 is 0 Å². The van der Waals surface area contributed by atoms with Gasteiger partial charge in [0.15, 0.2) is 0 Å². The van der Waals surface area contributed by atoms with Crippen LogP contribution in [0.3, 0.4) is 0 Å². The fourth-order valence-corrected chi connectivity index (χ4v) is 1.66. The normalized spacial score (nSPS) is 12.1. The second-order valence-electron chi connectivity index (χ2n) is 4.01. The summed E-state index contributed by atoms with van der Waals surface area (Å²) >= 11 is 0. The van der Waals surface area contributed by atoms with Gasteiger partial charge in [0, 0.05) is 18.1 Å². The summed E-state index contributed by atoms with van der Waals surface area (Å²) in [6.45, 7) is 0. The first kappa shape index (κ1) is 14.1. The lowest BCUT2D eigenvalue weighted by atomic mass is 10.0.